The van der Waals surface area contributed by atoms with Crippen LogP contribution in [0.15, 0.2) is 10.2 Å². The Balaban J connectivity index is 3.68. The quantitative estimate of drug-likeness (QED) is 0.454. The second kappa shape index (κ2) is 6.59. The minimum atomic E-state index is 0.214. The van der Waals surface area contributed by atoms with E-state index in [2.05, 4.69) is 31.0 Å². The van der Waals surface area contributed by atoms with E-state index in [9.17, 15) is 0 Å². The molecule has 0 aliphatic carbocycles. The SMILES string of the molecule is CCC(C)N=NC(CC)CCl. The van der Waals surface area contributed by atoms with E-state index in [0.717, 1.165) is 12.8 Å². The van der Waals surface area contributed by atoms with Gasteiger partial charge in [-0.25, -0.2) is 0 Å². The van der Waals surface area contributed by atoms with E-state index in [0.29, 0.717) is 11.9 Å². The molecular formula is C8H17ClN2. The maximum absolute atomic E-state index is 5.64. The smallest absolute Gasteiger partial charge is 0.0840 e. The largest absolute Gasteiger partial charge is 0.191 e. The Bertz CT molecular complexity index is 111. The summed E-state index contributed by atoms with van der Waals surface area (Å²) in [5.41, 5.74) is 0. The Kier molecular flexibility index (Phi) is 6.52. The lowest BCUT2D eigenvalue weighted by Gasteiger charge is -2.04. The van der Waals surface area contributed by atoms with Crippen LogP contribution < -0.4 is 0 Å². The van der Waals surface area contributed by atoms with Gasteiger partial charge in [0.2, 0.25) is 0 Å². The molecule has 0 saturated heterocycles. The zero-order valence-corrected chi connectivity index (χ0v) is 8.30. The van der Waals surface area contributed by atoms with Crippen molar-refractivity contribution in [2.24, 2.45) is 10.2 Å². The minimum Gasteiger partial charge on any atom is -0.191 e. The lowest BCUT2D eigenvalue weighted by molar-refractivity contribution is 0.599. The molecule has 0 aliphatic heterocycles. The molecule has 0 radical (unpaired) electrons. The van der Waals surface area contributed by atoms with E-state index < -0.39 is 0 Å². The summed E-state index contributed by atoms with van der Waals surface area (Å²) in [7, 11) is 0. The molecule has 2 unspecified atom stereocenters. The fraction of sp³-hybridized carbons (Fsp3) is 1.00. The molecule has 0 N–H and O–H groups in total. The van der Waals surface area contributed by atoms with Crippen molar-refractivity contribution in [3.05, 3.63) is 0 Å². The van der Waals surface area contributed by atoms with Gasteiger partial charge in [0.1, 0.15) is 0 Å². The van der Waals surface area contributed by atoms with Crippen LogP contribution in [0, 0.1) is 0 Å². The zero-order valence-electron chi connectivity index (χ0n) is 7.55. The maximum atomic E-state index is 5.64. The first-order valence-electron chi connectivity index (χ1n) is 4.20. The summed E-state index contributed by atoms with van der Waals surface area (Å²) in [5, 5.41) is 8.25. The van der Waals surface area contributed by atoms with Crippen LogP contribution in [0.3, 0.4) is 0 Å². The van der Waals surface area contributed by atoms with Crippen LogP contribution in [0.4, 0.5) is 0 Å². The summed E-state index contributed by atoms with van der Waals surface area (Å²) >= 11 is 5.64. The number of nitrogens with zero attached hydrogens (tertiary/aromatic N) is 2. The van der Waals surface area contributed by atoms with Crippen molar-refractivity contribution < 1.29 is 0 Å². The molecule has 0 aliphatic rings. The summed E-state index contributed by atoms with van der Waals surface area (Å²) in [6.45, 7) is 6.23. The highest BCUT2D eigenvalue weighted by Gasteiger charge is 2.01. The van der Waals surface area contributed by atoms with E-state index in [1.54, 1.807) is 0 Å². The van der Waals surface area contributed by atoms with Gasteiger partial charge in [-0.15, -0.1) is 11.6 Å². The molecule has 66 valence electrons. The topological polar surface area (TPSA) is 24.7 Å². The molecule has 0 aromatic carbocycles. The first-order valence-corrected chi connectivity index (χ1v) is 4.73. The fourth-order valence-electron chi connectivity index (χ4n) is 0.511. The second-order valence-corrected chi connectivity index (χ2v) is 3.01. The molecule has 2 nitrogen and oxygen atoms in total. The molecule has 0 rings (SSSR count). The van der Waals surface area contributed by atoms with Crippen LogP contribution >= 0.6 is 11.6 Å². The predicted molar refractivity (Wildman–Crippen MR) is 49.4 cm³/mol. The van der Waals surface area contributed by atoms with Gasteiger partial charge < -0.3 is 0 Å². The predicted octanol–water partition coefficient (Wildman–Crippen LogP) is 3.25. The molecule has 0 saturated carbocycles. The Labute approximate surface area is 74.0 Å². The molecule has 3 heteroatoms. The highest BCUT2D eigenvalue weighted by atomic mass is 35.5. The van der Waals surface area contributed by atoms with Gasteiger partial charge in [-0.2, -0.15) is 10.2 Å². The van der Waals surface area contributed by atoms with Crippen molar-refractivity contribution >= 4 is 11.6 Å². The summed E-state index contributed by atoms with van der Waals surface area (Å²) in [4.78, 5) is 0. The van der Waals surface area contributed by atoms with Crippen molar-refractivity contribution in [1.82, 2.24) is 0 Å². The lowest BCUT2D eigenvalue weighted by atomic mass is 10.3. The Morgan fingerprint density at radius 2 is 1.82 bits per heavy atom. The highest BCUT2D eigenvalue weighted by molar-refractivity contribution is 6.18. The van der Waals surface area contributed by atoms with E-state index in [1.165, 1.54) is 0 Å². The summed E-state index contributed by atoms with van der Waals surface area (Å²) < 4.78 is 0. The number of hydrogen-bond donors (Lipinski definition) is 0. The fourth-order valence-corrected chi connectivity index (χ4v) is 0.791. The van der Waals surface area contributed by atoms with Gasteiger partial charge in [0.25, 0.3) is 0 Å². The lowest BCUT2D eigenvalue weighted by Crippen LogP contribution is -2.04. The summed E-state index contributed by atoms with van der Waals surface area (Å²) in [6, 6.07) is 0.554. The van der Waals surface area contributed by atoms with Crippen LogP contribution in [0.1, 0.15) is 33.6 Å². The summed E-state index contributed by atoms with van der Waals surface area (Å²) in [6.07, 6.45) is 2.02. The van der Waals surface area contributed by atoms with Gasteiger partial charge in [-0.1, -0.05) is 13.8 Å². The van der Waals surface area contributed by atoms with Crippen LogP contribution in [0.5, 0.6) is 0 Å². The van der Waals surface area contributed by atoms with Crippen molar-refractivity contribution in [2.75, 3.05) is 5.88 Å². The van der Waals surface area contributed by atoms with Gasteiger partial charge in [-0.05, 0) is 19.8 Å². The van der Waals surface area contributed by atoms with Crippen LogP contribution in [0.2, 0.25) is 0 Å². The Hall–Kier alpha value is -0.110. The van der Waals surface area contributed by atoms with Crippen molar-refractivity contribution in [2.45, 2.75) is 45.7 Å². The average molecular weight is 177 g/mol. The van der Waals surface area contributed by atoms with Gasteiger partial charge in [0, 0.05) is 5.88 Å². The van der Waals surface area contributed by atoms with Crippen LogP contribution in [0.25, 0.3) is 0 Å². The minimum absolute atomic E-state index is 0.214. The number of hydrogen-bond acceptors (Lipinski definition) is 2. The van der Waals surface area contributed by atoms with Crippen LogP contribution in [-0.2, 0) is 0 Å². The number of halogens is 1. The van der Waals surface area contributed by atoms with Crippen LogP contribution in [-0.4, -0.2) is 18.0 Å². The molecular weight excluding hydrogens is 160 g/mol. The van der Waals surface area contributed by atoms with E-state index in [-0.39, 0.29) is 6.04 Å². The molecule has 0 bridgehead atoms. The Morgan fingerprint density at radius 1 is 1.18 bits per heavy atom. The first kappa shape index (κ1) is 10.9. The maximum Gasteiger partial charge on any atom is 0.0840 e. The third kappa shape index (κ3) is 5.19. The summed E-state index contributed by atoms with van der Waals surface area (Å²) in [5.74, 6) is 0.580. The van der Waals surface area contributed by atoms with E-state index in [4.69, 9.17) is 11.6 Å². The molecule has 0 heterocycles. The molecule has 0 spiro atoms. The molecule has 0 aromatic heterocycles. The molecule has 0 aromatic rings. The highest BCUT2D eigenvalue weighted by Crippen LogP contribution is 2.03. The van der Waals surface area contributed by atoms with E-state index >= 15 is 0 Å². The van der Waals surface area contributed by atoms with Gasteiger partial charge in [0.05, 0.1) is 12.1 Å². The first-order chi connectivity index (χ1) is 5.24. The average Bonchev–Trinajstić information content (AvgIpc) is 2.06. The van der Waals surface area contributed by atoms with Crippen molar-refractivity contribution in [3.63, 3.8) is 0 Å². The number of rotatable bonds is 5. The molecule has 0 fully saturated rings. The molecule has 11 heavy (non-hydrogen) atoms. The third-order valence-corrected chi connectivity index (χ3v) is 2.02. The van der Waals surface area contributed by atoms with Gasteiger partial charge in [-0.3, -0.25) is 0 Å². The van der Waals surface area contributed by atoms with Gasteiger partial charge >= 0.3 is 0 Å². The van der Waals surface area contributed by atoms with E-state index in [1.807, 2.05) is 0 Å². The third-order valence-electron chi connectivity index (χ3n) is 1.67. The number of azo groups is 1. The zero-order chi connectivity index (χ0) is 8.69. The monoisotopic (exact) mass is 176 g/mol. The molecule has 2 atom stereocenters. The standard InChI is InChI=1S/C8H17ClN2/c1-4-7(3)10-11-8(5-2)6-9/h7-8H,4-6H2,1-3H3. The van der Waals surface area contributed by atoms with Gasteiger partial charge in [0.15, 0.2) is 0 Å². The van der Waals surface area contributed by atoms with Crippen molar-refractivity contribution in [1.29, 1.82) is 0 Å². The van der Waals surface area contributed by atoms with Crippen molar-refractivity contribution in [3.8, 4) is 0 Å². The Morgan fingerprint density at radius 3 is 2.18 bits per heavy atom. The number of alkyl halides is 1. The molecule has 0 amide bonds. The second-order valence-electron chi connectivity index (χ2n) is 2.70. The normalized spacial score (nSPS) is 17.1.